The maximum absolute atomic E-state index is 6.80. The molecule has 0 amide bonds. The van der Waals surface area contributed by atoms with Crippen LogP contribution in [0, 0.1) is 0 Å². The van der Waals surface area contributed by atoms with Gasteiger partial charge in [0.25, 0.3) is 0 Å². The largest absolute Gasteiger partial charge is 0.456 e. The minimum atomic E-state index is 0.907. The van der Waals surface area contributed by atoms with Gasteiger partial charge in [0.15, 0.2) is 0 Å². The van der Waals surface area contributed by atoms with Crippen LogP contribution in [0.3, 0.4) is 0 Å². The Kier molecular flexibility index (Phi) is 6.47. The summed E-state index contributed by atoms with van der Waals surface area (Å²) >= 11 is 3.69. The minimum absolute atomic E-state index is 0.907. The first kappa shape index (κ1) is 28.4. The predicted octanol–water partition coefficient (Wildman–Crippen LogP) is 14.5. The monoisotopic (exact) mass is 658 g/mol. The van der Waals surface area contributed by atoms with Gasteiger partial charge in [-0.15, -0.1) is 22.7 Å². The van der Waals surface area contributed by atoms with Crippen LogP contribution in [0.2, 0.25) is 0 Å². The number of rotatable bonds is 8. The number of thiophene rings is 2. The number of hydrogen-bond donors (Lipinski definition) is 0. The van der Waals surface area contributed by atoms with Crippen LogP contribution in [0.15, 0.2) is 106 Å². The van der Waals surface area contributed by atoms with Crippen LogP contribution in [0.25, 0.3) is 96.1 Å². The summed E-state index contributed by atoms with van der Waals surface area (Å²) in [7, 11) is 0. The summed E-state index contributed by atoms with van der Waals surface area (Å²) in [6.07, 6.45) is 7.20. The highest BCUT2D eigenvalue weighted by atomic mass is 32.1. The summed E-state index contributed by atoms with van der Waals surface area (Å²) in [5, 5.41) is 7.29. The molecule has 2 aliphatic heterocycles. The van der Waals surface area contributed by atoms with Crippen molar-refractivity contribution in [2.75, 3.05) is 0 Å². The van der Waals surface area contributed by atoms with Gasteiger partial charge in [0.1, 0.15) is 22.3 Å². The van der Waals surface area contributed by atoms with Crippen molar-refractivity contribution in [3.8, 4) is 32.0 Å². The van der Waals surface area contributed by atoms with Crippen LogP contribution < -0.4 is 0 Å². The lowest BCUT2D eigenvalue weighted by atomic mass is 9.89. The Balaban J connectivity index is 1.14. The van der Waals surface area contributed by atoms with E-state index in [0.29, 0.717) is 0 Å². The fourth-order valence-corrected chi connectivity index (χ4v) is 9.96. The Morgan fingerprint density at radius 2 is 0.896 bits per heavy atom. The maximum Gasteiger partial charge on any atom is 0.137 e. The van der Waals surface area contributed by atoms with Crippen molar-refractivity contribution in [1.82, 2.24) is 0 Å². The normalized spacial score (nSPS) is 12.5. The van der Waals surface area contributed by atoms with Crippen molar-refractivity contribution in [1.29, 1.82) is 0 Å². The third-order valence-corrected chi connectivity index (χ3v) is 12.5. The molecule has 0 bridgehead atoms. The molecule has 0 unspecified atom stereocenters. The van der Waals surface area contributed by atoms with Gasteiger partial charge in [0, 0.05) is 51.8 Å². The zero-order chi connectivity index (χ0) is 31.9. The molecule has 2 aliphatic rings. The first-order valence-corrected chi connectivity index (χ1v) is 18.9. The number of aryl methyl sites for hydroxylation is 2. The van der Waals surface area contributed by atoms with Gasteiger partial charge in [-0.2, -0.15) is 0 Å². The number of fused-ring (bicyclic) bond motifs is 4. The van der Waals surface area contributed by atoms with Gasteiger partial charge in [-0.25, -0.2) is 0 Å². The van der Waals surface area contributed by atoms with Gasteiger partial charge in [-0.05, 0) is 107 Å². The summed E-state index contributed by atoms with van der Waals surface area (Å²) in [4.78, 5) is 2.57. The molecule has 0 N–H and O–H groups in total. The third-order valence-electron chi connectivity index (χ3n) is 10.3. The third kappa shape index (κ3) is 4.29. The molecule has 2 aromatic heterocycles. The van der Waals surface area contributed by atoms with E-state index in [1.165, 1.54) is 88.6 Å². The van der Waals surface area contributed by atoms with Crippen LogP contribution in [0.1, 0.15) is 50.7 Å². The Bertz CT molecular complexity index is 2540. The van der Waals surface area contributed by atoms with Crippen molar-refractivity contribution in [3.05, 3.63) is 108 Å². The lowest BCUT2D eigenvalue weighted by Gasteiger charge is -2.20. The fourth-order valence-electron chi connectivity index (χ4n) is 7.74. The lowest BCUT2D eigenvalue weighted by Crippen LogP contribution is -1.94. The summed E-state index contributed by atoms with van der Waals surface area (Å²) < 4.78 is 16.1. The molecule has 4 heteroatoms. The Morgan fingerprint density at radius 1 is 0.458 bits per heavy atom. The molecule has 48 heavy (non-hydrogen) atoms. The van der Waals surface area contributed by atoms with E-state index in [1.54, 1.807) is 0 Å². The van der Waals surface area contributed by atoms with Crippen molar-refractivity contribution < 1.29 is 8.83 Å². The van der Waals surface area contributed by atoms with Gasteiger partial charge in [0.2, 0.25) is 0 Å². The van der Waals surface area contributed by atoms with E-state index in [1.807, 2.05) is 22.7 Å². The van der Waals surface area contributed by atoms with Gasteiger partial charge in [-0.1, -0.05) is 75.2 Å². The molecular formula is C44H34O2S2. The summed E-state index contributed by atoms with van der Waals surface area (Å²) in [6.45, 7) is 4.50. The second-order valence-corrected chi connectivity index (χ2v) is 15.5. The Morgan fingerprint density at radius 3 is 1.31 bits per heavy atom. The summed E-state index contributed by atoms with van der Waals surface area (Å²) in [6, 6.07) is 36.3. The van der Waals surface area contributed by atoms with Crippen LogP contribution in [-0.4, -0.2) is 0 Å². The highest BCUT2D eigenvalue weighted by Gasteiger charge is 2.27. The number of unbranched alkanes of at least 4 members (excludes halogenated alkanes) is 2. The predicted molar refractivity (Wildman–Crippen MR) is 208 cm³/mol. The topological polar surface area (TPSA) is 26.3 Å². The van der Waals surface area contributed by atoms with Crippen LogP contribution in [-0.2, 0) is 12.8 Å². The average Bonchev–Trinajstić information content (AvgIpc) is 3.76. The van der Waals surface area contributed by atoms with Crippen LogP contribution >= 0.6 is 22.7 Å². The van der Waals surface area contributed by atoms with Crippen LogP contribution in [0.4, 0.5) is 0 Å². The molecule has 0 saturated heterocycles. The molecule has 0 atom stereocenters. The van der Waals surface area contributed by atoms with Crippen molar-refractivity contribution in [2.24, 2.45) is 0 Å². The molecular weight excluding hydrogens is 625 g/mol. The van der Waals surface area contributed by atoms with Crippen LogP contribution in [0.5, 0.6) is 0 Å². The smallest absolute Gasteiger partial charge is 0.137 e. The quantitative estimate of drug-likeness (QED) is 0.120. The second kappa shape index (κ2) is 10.9. The highest BCUT2D eigenvalue weighted by Crippen LogP contribution is 2.52. The molecule has 4 heterocycles. The molecule has 0 saturated carbocycles. The zero-order valence-corrected chi connectivity index (χ0v) is 28.7. The summed E-state index contributed by atoms with van der Waals surface area (Å²) in [5.41, 5.74) is 11.3. The van der Waals surface area contributed by atoms with E-state index in [2.05, 4.69) is 111 Å². The van der Waals surface area contributed by atoms with Crippen molar-refractivity contribution >= 4 is 86.7 Å². The lowest BCUT2D eigenvalue weighted by molar-refractivity contribution is 0.647. The van der Waals surface area contributed by atoms with E-state index < -0.39 is 0 Å². The summed E-state index contributed by atoms with van der Waals surface area (Å²) in [5.74, 6) is 0. The zero-order valence-electron chi connectivity index (χ0n) is 27.1. The molecule has 6 aromatic carbocycles. The van der Waals surface area contributed by atoms with Crippen molar-refractivity contribution in [2.45, 2.75) is 52.4 Å². The first-order valence-electron chi connectivity index (χ1n) is 17.3. The second-order valence-electron chi connectivity index (χ2n) is 13.3. The standard InChI is InChI=1S/C44H34O2S2/c1-3-5-7-25-9-13-27(14-10-25)37-21-31-29-17-19-33-43-41(29)35(23-39(31)47-37)45-34-20-18-30-32-22-38(28-15-11-26(12-16-28)8-6-4-2)48-40(32)24-36(46-33)42(30)44(34)43/h9-24H,3-8H2,1-2H3. The molecule has 0 radical (unpaired) electrons. The van der Waals surface area contributed by atoms with Gasteiger partial charge < -0.3 is 8.83 Å². The molecule has 0 aliphatic carbocycles. The Hall–Kier alpha value is -4.64. The van der Waals surface area contributed by atoms with E-state index in [-0.39, 0.29) is 0 Å². The van der Waals surface area contributed by atoms with E-state index in [0.717, 1.165) is 57.1 Å². The molecule has 10 rings (SSSR count). The number of benzene rings is 6. The molecule has 8 aromatic rings. The van der Waals surface area contributed by atoms with Gasteiger partial charge in [0.05, 0.1) is 0 Å². The average molecular weight is 659 g/mol. The van der Waals surface area contributed by atoms with Gasteiger partial charge in [-0.3, -0.25) is 0 Å². The highest BCUT2D eigenvalue weighted by molar-refractivity contribution is 7.22. The fraction of sp³-hybridized carbons (Fsp3) is 0.182. The van der Waals surface area contributed by atoms with E-state index in [4.69, 9.17) is 8.83 Å². The number of hydrogen-bond acceptors (Lipinski definition) is 4. The molecule has 234 valence electrons. The molecule has 0 spiro atoms. The SMILES string of the molecule is CCCCc1ccc(-c2cc3c(cc4oc5ccc6c7cc(-c8ccc(CCCC)cc8)sc7cc7oc8ccc3c4c8-c5c76)s2)cc1. The van der Waals surface area contributed by atoms with Crippen molar-refractivity contribution in [3.63, 3.8) is 0 Å². The molecule has 0 fully saturated rings. The van der Waals surface area contributed by atoms with E-state index >= 15 is 0 Å². The maximum atomic E-state index is 6.80. The Labute approximate surface area is 286 Å². The molecule has 2 nitrogen and oxygen atoms in total. The first-order chi connectivity index (χ1) is 23.7. The minimum Gasteiger partial charge on any atom is -0.456 e. The van der Waals surface area contributed by atoms with Gasteiger partial charge >= 0.3 is 0 Å². The van der Waals surface area contributed by atoms with E-state index in [9.17, 15) is 0 Å².